The molecule has 4 nitrogen and oxygen atoms in total. The lowest BCUT2D eigenvalue weighted by molar-refractivity contribution is 0.502. The first-order chi connectivity index (χ1) is 8.06. The lowest BCUT2D eigenvalue weighted by Gasteiger charge is -2.15. The molecule has 0 aliphatic heterocycles. The predicted octanol–water partition coefficient (Wildman–Crippen LogP) is 2.59. The molecule has 0 saturated carbocycles. The molecule has 0 amide bonds. The molecule has 0 radical (unpaired) electrons. The van der Waals surface area contributed by atoms with Crippen LogP contribution in [0.5, 0.6) is 0 Å². The molecule has 1 atom stereocenters. The first-order valence-corrected chi connectivity index (χ1v) is 6.96. The maximum Gasteiger partial charge on any atom is 0.212 e. The van der Waals surface area contributed by atoms with Gasteiger partial charge in [-0.2, -0.15) is 4.99 Å². The maximum absolute atomic E-state index is 5.30. The van der Waals surface area contributed by atoms with Crippen molar-refractivity contribution in [3.63, 3.8) is 0 Å². The monoisotopic (exact) mass is 254 g/mol. The van der Waals surface area contributed by atoms with Crippen LogP contribution in [0.25, 0.3) is 0 Å². The van der Waals surface area contributed by atoms with Crippen molar-refractivity contribution in [2.24, 2.45) is 22.4 Å². The Hall–Kier alpha value is -1.10. The maximum atomic E-state index is 5.30. The topological polar surface area (TPSA) is 77.3 Å². The fourth-order valence-corrected chi connectivity index (χ4v) is 2.85. The van der Waals surface area contributed by atoms with Crippen LogP contribution in [0.4, 0.5) is 5.13 Å². The third kappa shape index (κ3) is 4.34. The molecule has 1 aromatic heterocycles. The van der Waals surface area contributed by atoms with Gasteiger partial charge in [-0.25, -0.2) is 4.98 Å². The van der Waals surface area contributed by atoms with E-state index < -0.39 is 0 Å². The molecule has 0 spiro atoms. The number of guanidine groups is 1. The zero-order chi connectivity index (χ0) is 12.8. The van der Waals surface area contributed by atoms with Crippen LogP contribution in [0.2, 0.25) is 0 Å². The molecule has 2 rings (SSSR count). The lowest BCUT2D eigenvalue weighted by Crippen LogP contribution is -2.21. The summed E-state index contributed by atoms with van der Waals surface area (Å²) in [6.45, 7) is 6.52. The van der Waals surface area contributed by atoms with Crippen molar-refractivity contribution >= 4 is 22.4 Å². The van der Waals surface area contributed by atoms with E-state index in [-0.39, 0.29) is 5.96 Å². The standard InChI is InChI=1S/C9H14N4S.C3H8/c1-5-2-3-6-7(4-5)14-9(12-6)13-8(10)11;1-3-2/h5H,2-4H2,1H3,(H4,10,11,12,13);3H2,1-2H3. The minimum atomic E-state index is 0.0872. The molecule has 96 valence electrons. The molecule has 17 heavy (non-hydrogen) atoms. The number of rotatable bonds is 1. The smallest absolute Gasteiger partial charge is 0.212 e. The SMILES string of the molecule is CC1CCc2nc(N=C(N)N)sc2C1.CCC. The van der Waals surface area contributed by atoms with Gasteiger partial charge in [0.15, 0.2) is 5.96 Å². The minimum absolute atomic E-state index is 0.0872. The first-order valence-electron chi connectivity index (χ1n) is 6.15. The van der Waals surface area contributed by atoms with E-state index in [9.17, 15) is 0 Å². The summed E-state index contributed by atoms with van der Waals surface area (Å²) in [5, 5.41) is 0.698. The van der Waals surface area contributed by atoms with Gasteiger partial charge in [0, 0.05) is 4.88 Å². The van der Waals surface area contributed by atoms with Crippen LogP contribution >= 0.6 is 11.3 Å². The van der Waals surface area contributed by atoms with Crippen molar-refractivity contribution in [3.05, 3.63) is 10.6 Å². The van der Waals surface area contributed by atoms with E-state index in [4.69, 9.17) is 11.5 Å². The highest BCUT2D eigenvalue weighted by molar-refractivity contribution is 7.15. The Morgan fingerprint density at radius 2 is 2.12 bits per heavy atom. The van der Waals surface area contributed by atoms with E-state index in [2.05, 4.69) is 30.7 Å². The van der Waals surface area contributed by atoms with Crippen LogP contribution in [0.15, 0.2) is 4.99 Å². The highest BCUT2D eigenvalue weighted by Gasteiger charge is 2.19. The third-order valence-corrected chi connectivity index (χ3v) is 3.41. The highest BCUT2D eigenvalue weighted by Crippen LogP contribution is 2.33. The molecule has 1 aliphatic rings. The van der Waals surface area contributed by atoms with Crippen LogP contribution < -0.4 is 11.5 Å². The second kappa shape index (κ2) is 6.59. The highest BCUT2D eigenvalue weighted by atomic mass is 32.1. The van der Waals surface area contributed by atoms with Crippen molar-refractivity contribution < 1.29 is 0 Å². The van der Waals surface area contributed by atoms with Crippen LogP contribution in [0, 0.1) is 5.92 Å². The van der Waals surface area contributed by atoms with Crippen molar-refractivity contribution in [2.75, 3.05) is 0 Å². The van der Waals surface area contributed by atoms with Crippen LogP contribution in [-0.4, -0.2) is 10.9 Å². The number of nitrogens with zero attached hydrogens (tertiary/aromatic N) is 2. The van der Waals surface area contributed by atoms with E-state index in [1.807, 2.05) is 0 Å². The normalized spacial score (nSPS) is 17.7. The number of nitrogens with two attached hydrogens (primary N) is 2. The molecule has 5 heteroatoms. The van der Waals surface area contributed by atoms with E-state index in [1.54, 1.807) is 11.3 Å². The van der Waals surface area contributed by atoms with Crippen LogP contribution in [0.3, 0.4) is 0 Å². The molecule has 0 saturated heterocycles. The van der Waals surface area contributed by atoms with Gasteiger partial charge in [-0.15, -0.1) is 0 Å². The average Bonchev–Trinajstić information content (AvgIpc) is 2.59. The summed E-state index contributed by atoms with van der Waals surface area (Å²) in [7, 11) is 0. The average molecular weight is 254 g/mol. The Labute approximate surface area is 107 Å². The molecule has 0 bridgehead atoms. The van der Waals surface area contributed by atoms with E-state index in [0.717, 1.165) is 18.8 Å². The molecular weight excluding hydrogens is 232 g/mol. The van der Waals surface area contributed by atoms with Crippen molar-refractivity contribution in [2.45, 2.75) is 46.5 Å². The van der Waals surface area contributed by atoms with Gasteiger partial charge in [0.25, 0.3) is 0 Å². The van der Waals surface area contributed by atoms with Crippen molar-refractivity contribution in [3.8, 4) is 0 Å². The zero-order valence-electron chi connectivity index (χ0n) is 10.9. The molecule has 0 fully saturated rings. The summed E-state index contributed by atoms with van der Waals surface area (Å²) >= 11 is 1.61. The number of aryl methyl sites for hydroxylation is 1. The number of thiazole rings is 1. The van der Waals surface area contributed by atoms with Crippen LogP contribution in [0.1, 0.15) is 44.2 Å². The van der Waals surface area contributed by atoms with Gasteiger partial charge in [-0.05, 0) is 25.2 Å². The summed E-state index contributed by atoms with van der Waals surface area (Å²) in [4.78, 5) is 9.72. The van der Waals surface area contributed by atoms with Gasteiger partial charge in [0.2, 0.25) is 5.13 Å². The fourth-order valence-electron chi connectivity index (χ4n) is 1.68. The number of aromatic nitrogens is 1. The number of hydrogen-bond donors (Lipinski definition) is 2. The Bertz CT molecular complexity index is 380. The molecular formula is C12H22N4S. The Kier molecular flexibility index (Phi) is 5.41. The number of fused-ring (bicyclic) bond motifs is 1. The first kappa shape index (κ1) is 14.0. The Balaban J connectivity index is 0.000000437. The summed E-state index contributed by atoms with van der Waals surface area (Å²) in [6, 6.07) is 0. The third-order valence-electron chi connectivity index (χ3n) is 2.40. The second-order valence-corrected chi connectivity index (χ2v) is 5.52. The largest absolute Gasteiger partial charge is 0.370 e. The number of hydrogen-bond acceptors (Lipinski definition) is 3. The van der Waals surface area contributed by atoms with Gasteiger partial charge in [-0.1, -0.05) is 38.5 Å². The lowest BCUT2D eigenvalue weighted by atomic mass is 9.93. The zero-order valence-corrected chi connectivity index (χ0v) is 11.7. The van der Waals surface area contributed by atoms with Crippen molar-refractivity contribution in [1.82, 2.24) is 4.98 Å². The van der Waals surface area contributed by atoms with E-state index in [0.29, 0.717) is 5.13 Å². The summed E-state index contributed by atoms with van der Waals surface area (Å²) in [5.41, 5.74) is 11.8. The molecule has 0 aromatic carbocycles. The fraction of sp³-hybridized carbons (Fsp3) is 0.667. The Morgan fingerprint density at radius 3 is 2.71 bits per heavy atom. The van der Waals surface area contributed by atoms with Crippen molar-refractivity contribution in [1.29, 1.82) is 0 Å². The van der Waals surface area contributed by atoms with Crippen LogP contribution in [-0.2, 0) is 12.8 Å². The minimum Gasteiger partial charge on any atom is -0.370 e. The summed E-state index contributed by atoms with van der Waals surface area (Å²) < 4.78 is 0. The Morgan fingerprint density at radius 1 is 1.47 bits per heavy atom. The quantitative estimate of drug-likeness (QED) is 0.597. The predicted molar refractivity (Wildman–Crippen MR) is 74.7 cm³/mol. The van der Waals surface area contributed by atoms with Gasteiger partial charge in [0.05, 0.1) is 5.69 Å². The van der Waals surface area contributed by atoms with Gasteiger partial charge < -0.3 is 11.5 Å². The molecule has 4 N–H and O–H groups in total. The van der Waals surface area contributed by atoms with E-state index in [1.165, 1.54) is 23.4 Å². The molecule has 1 heterocycles. The number of aliphatic imine (C=N–C) groups is 1. The van der Waals surface area contributed by atoms with Gasteiger partial charge >= 0.3 is 0 Å². The molecule has 1 aliphatic carbocycles. The molecule has 1 aromatic rings. The van der Waals surface area contributed by atoms with Gasteiger partial charge in [-0.3, -0.25) is 0 Å². The van der Waals surface area contributed by atoms with Gasteiger partial charge in [0.1, 0.15) is 0 Å². The second-order valence-electron chi connectivity index (χ2n) is 4.46. The van der Waals surface area contributed by atoms with E-state index >= 15 is 0 Å². The summed E-state index contributed by atoms with van der Waals surface area (Å²) in [6.07, 6.45) is 4.65. The summed E-state index contributed by atoms with van der Waals surface area (Å²) in [5.74, 6) is 0.846. The molecule has 1 unspecified atom stereocenters.